The van der Waals surface area contributed by atoms with Gasteiger partial charge in [-0.3, -0.25) is 9.59 Å². The van der Waals surface area contributed by atoms with Gasteiger partial charge in [0.1, 0.15) is 11.8 Å². The summed E-state index contributed by atoms with van der Waals surface area (Å²) in [5, 5.41) is 6.72. The highest BCUT2D eigenvalue weighted by Gasteiger charge is 2.23. The summed E-state index contributed by atoms with van der Waals surface area (Å²) in [5.74, 6) is 0.0541. The maximum absolute atomic E-state index is 12.6. The molecule has 6 heteroatoms. The molecular weight excluding hydrogens is 354 g/mol. The number of para-hydroxylation sites is 2. The Labute approximate surface area is 164 Å². The van der Waals surface area contributed by atoms with Crippen LogP contribution in [-0.4, -0.2) is 35.5 Å². The monoisotopic (exact) mass is 379 g/mol. The van der Waals surface area contributed by atoms with Crippen molar-refractivity contribution in [2.45, 2.75) is 32.4 Å². The second-order valence-electron chi connectivity index (χ2n) is 6.95. The minimum Gasteiger partial charge on any atom is -0.484 e. The molecule has 0 unspecified atom stereocenters. The third-order valence-electron chi connectivity index (χ3n) is 4.29. The van der Waals surface area contributed by atoms with Crippen LogP contribution >= 0.6 is 0 Å². The van der Waals surface area contributed by atoms with Gasteiger partial charge in [0.15, 0.2) is 6.61 Å². The molecular formula is C22H25N3O3. The number of nitrogens with one attached hydrogen (secondary N) is 3. The normalized spacial score (nSPS) is 12.0. The van der Waals surface area contributed by atoms with E-state index in [1.807, 2.05) is 62.5 Å². The van der Waals surface area contributed by atoms with Crippen LogP contribution in [0.5, 0.6) is 5.75 Å². The molecule has 146 valence electrons. The number of aromatic nitrogens is 1. The summed E-state index contributed by atoms with van der Waals surface area (Å²) in [5.41, 5.74) is 1.98. The van der Waals surface area contributed by atoms with Gasteiger partial charge in [0, 0.05) is 29.6 Å². The van der Waals surface area contributed by atoms with Crippen molar-refractivity contribution >= 4 is 22.7 Å². The molecule has 0 aliphatic carbocycles. The predicted octanol–water partition coefficient (Wildman–Crippen LogP) is 2.80. The van der Waals surface area contributed by atoms with Crippen LogP contribution in [0.4, 0.5) is 0 Å². The summed E-state index contributed by atoms with van der Waals surface area (Å²) < 4.78 is 5.49. The largest absolute Gasteiger partial charge is 0.484 e. The molecule has 0 saturated carbocycles. The van der Waals surface area contributed by atoms with Gasteiger partial charge in [0.05, 0.1) is 0 Å². The smallest absolute Gasteiger partial charge is 0.258 e. The van der Waals surface area contributed by atoms with E-state index >= 15 is 0 Å². The minimum absolute atomic E-state index is 0.0181. The first-order valence-corrected chi connectivity index (χ1v) is 9.35. The van der Waals surface area contributed by atoms with Crippen LogP contribution in [-0.2, 0) is 16.0 Å². The average molecular weight is 379 g/mol. The van der Waals surface area contributed by atoms with E-state index < -0.39 is 6.04 Å². The van der Waals surface area contributed by atoms with Crippen molar-refractivity contribution in [3.63, 3.8) is 0 Å². The number of aromatic amines is 1. The van der Waals surface area contributed by atoms with E-state index in [9.17, 15) is 9.59 Å². The summed E-state index contributed by atoms with van der Waals surface area (Å²) in [6.45, 7) is 3.63. The molecule has 0 bridgehead atoms. The predicted molar refractivity (Wildman–Crippen MR) is 109 cm³/mol. The van der Waals surface area contributed by atoms with Gasteiger partial charge in [-0.05, 0) is 37.6 Å². The molecule has 0 aliphatic heterocycles. The van der Waals surface area contributed by atoms with Crippen LogP contribution in [0.2, 0.25) is 0 Å². The molecule has 3 rings (SSSR count). The highest BCUT2D eigenvalue weighted by Crippen LogP contribution is 2.19. The van der Waals surface area contributed by atoms with Gasteiger partial charge >= 0.3 is 0 Å². The summed E-state index contributed by atoms with van der Waals surface area (Å²) in [7, 11) is 0. The van der Waals surface area contributed by atoms with Crippen molar-refractivity contribution in [1.82, 2.24) is 15.6 Å². The van der Waals surface area contributed by atoms with Gasteiger partial charge in [-0.25, -0.2) is 0 Å². The lowest BCUT2D eigenvalue weighted by Crippen LogP contribution is -2.50. The number of fused-ring (bicyclic) bond motifs is 1. The highest BCUT2D eigenvalue weighted by atomic mass is 16.5. The van der Waals surface area contributed by atoms with E-state index in [-0.39, 0.29) is 24.5 Å². The average Bonchev–Trinajstić information content (AvgIpc) is 3.09. The van der Waals surface area contributed by atoms with Crippen LogP contribution in [0.1, 0.15) is 19.4 Å². The zero-order chi connectivity index (χ0) is 19.9. The Bertz CT molecular complexity index is 934. The third kappa shape index (κ3) is 5.13. The Morgan fingerprint density at radius 1 is 1.00 bits per heavy atom. The van der Waals surface area contributed by atoms with Crippen LogP contribution in [0.3, 0.4) is 0 Å². The Morgan fingerprint density at radius 3 is 2.46 bits per heavy atom. The van der Waals surface area contributed by atoms with E-state index in [1.165, 1.54) is 0 Å². The number of hydrogen-bond acceptors (Lipinski definition) is 3. The summed E-state index contributed by atoms with van der Waals surface area (Å²) >= 11 is 0. The Balaban J connectivity index is 1.69. The van der Waals surface area contributed by atoms with Crippen LogP contribution in [0.25, 0.3) is 10.9 Å². The molecule has 1 atom stereocenters. The second-order valence-corrected chi connectivity index (χ2v) is 6.95. The molecule has 0 aliphatic rings. The van der Waals surface area contributed by atoms with Crippen LogP contribution in [0, 0.1) is 0 Å². The van der Waals surface area contributed by atoms with Gasteiger partial charge in [-0.15, -0.1) is 0 Å². The number of ether oxygens (including phenoxy) is 1. The maximum atomic E-state index is 12.6. The molecule has 3 N–H and O–H groups in total. The molecule has 3 aromatic rings. The number of benzene rings is 2. The Kier molecular flexibility index (Phi) is 6.32. The fourth-order valence-electron chi connectivity index (χ4n) is 3.02. The lowest BCUT2D eigenvalue weighted by Gasteiger charge is -2.20. The number of rotatable bonds is 8. The van der Waals surface area contributed by atoms with E-state index in [2.05, 4.69) is 15.6 Å². The second kappa shape index (κ2) is 9.08. The van der Waals surface area contributed by atoms with Crippen LogP contribution < -0.4 is 15.4 Å². The summed E-state index contributed by atoms with van der Waals surface area (Å²) in [6.07, 6.45) is 2.27. The fraction of sp³-hybridized carbons (Fsp3) is 0.273. The first-order chi connectivity index (χ1) is 13.5. The number of hydrogen-bond donors (Lipinski definition) is 3. The molecule has 1 heterocycles. The Hall–Kier alpha value is -3.28. The van der Waals surface area contributed by atoms with E-state index in [0.29, 0.717) is 12.2 Å². The number of amides is 2. The molecule has 0 radical (unpaired) electrons. The number of carbonyl (C=O) groups excluding carboxylic acids is 2. The van der Waals surface area contributed by atoms with E-state index in [4.69, 9.17) is 4.74 Å². The van der Waals surface area contributed by atoms with Crippen LogP contribution in [0.15, 0.2) is 60.8 Å². The van der Waals surface area contributed by atoms with Gasteiger partial charge in [0.25, 0.3) is 5.91 Å². The highest BCUT2D eigenvalue weighted by molar-refractivity contribution is 5.90. The van der Waals surface area contributed by atoms with E-state index in [0.717, 1.165) is 16.5 Å². The SMILES string of the molecule is CC(C)NC(=O)[C@@H](Cc1c[nH]c2ccccc12)NC(=O)COc1ccccc1. The van der Waals surface area contributed by atoms with Crippen molar-refractivity contribution in [2.24, 2.45) is 0 Å². The van der Waals surface area contributed by atoms with Gasteiger partial charge in [-0.2, -0.15) is 0 Å². The van der Waals surface area contributed by atoms with Crippen molar-refractivity contribution < 1.29 is 14.3 Å². The summed E-state index contributed by atoms with van der Waals surface area (Å²) in [6, 6.07) is 16.3. The molecule has 0 fully saturated rings. The molecule has 0 saturated heterocycles. The quantitative estimate of drug-likeness (QED) is 0.563. The molecule has 28 heavy (non-hydrogen) atoms. The number of carbonyl (C=O) groups is 2. The Morgan fingerprint density at radius 2 is 1.71 bits per heavy atom. The minimum atomic E-state index is -0.687. The maximum Gasteiger partial charge on any atom is 0.258 e. The molecule has 2 aromatic carbocycles. The van der Waals surface area contributed by atoms with E-state index in [1.54, 1.807) is 12.1 Å². The lowest BCUT2D eigenvalue weighted by molar-refractivity contribution is -0.130. The molecule has 0 spiro atoms. The van der Waals surface area contributed by atoms with Gasteiger partial charge in [-0.1, -0.05) is 36.4 Å². The fourth-order valence-corrected chi connectivity index (χ4v) is 3.02. The van der Waals surface area contributed by atoms with Gasteiger partial charge in [0.2, 0.25) is 5.91 Å². The van der Waals surface area contributed by atoms with Crippen molar-refractivity contribution in [3.05, 3.63) is 66.4 Å². The van der Waals surface area contributed by atoms with Crippen molar-refractivity contribution in [3.8, 4) is 5.75 Å². The third-order valence-corrected chi connectivity index (χ3v) is 4.29. The summed E-state index contributed by atoms with van der Waals surface area (Å²) in [4.78, 5) is 28.2. The van der Waals surface area contributed by atoms with Gasteiger partial charge < -0.3 is 20.4 Å². The molecule has 6 nitrogen and oxygen atoms in total. The zero-order valence-corrected chi connectivity index (χ0v) is 16.1. The molecule has 2 amide bonds. The first-order valence-electron chi connectivity index (χ1n) is 9.35. The zero-order valence-electron chi connectivity index (χ0n) is 16.1. The number of H-pyrrole nitrogens is 1. The standard InChI is InChI=1S/C22H25N3O3/c1-15(2)24-22(27)20(12-16-13-23-19-11-7-6-10-18(16)19)25-21(26)14-28-17-8-4-3-5-9-17/h3-11,13,15,20,23H,12,14H2,1-2H3,(H,24,27)(H,25,26)/t20-/m1/s1. The first kappa shape index (κ1) is 19.5. The topological polar surface area (TPSA) is 83.2 Å². The van der Waals surface area contributed by atoms with Crippen molar-refractivity contribution in [2.75, 3.05) is 6.61 Å². The lowest BCUT2D eigenvalue weighted by atomic mass is 10.0. The molecule has 1 aromatic heterocycles. The van der Waals surface area contributed by atoms with Crippen molar-refractivity contribution in [1.29, 1.82) is 0 Å².